The summed E-state index contributed by atoms with van der Waals surface area (Å²) in [6, 6.07) is 7.81. The van der Waals surface area contributed by atoms with Gasteiger partial charge in [0.1, 0.15) is 0 Å². The Morgan fingerprint density at radius 3 is 2.77 bits per heavy atom. The molecule has 4 nitrogen and oxygen atoms in total. The van der Waals surface area contributed by atoms with Gasteiger partial charge in [-0.15, -0.1) is 0 Å². The highest BCUT2D eigenvalue weighted by atomic mass is 16.1. The molecule has 1 aliphatic rings. The van der Waals surface area contributed by atoms with E-state index < -0.39 is 0 Å². The van der Waals surface area contributed by atoms with Crippen LogP contribution in [0.4, 0.5) is 0 Å². The first-order chi connectivity index (χ1) is 10.8. The molecule has 4 heteroatoms. The first-order valence-corrected chi connectivity index (χ1v) is 8.18. The molecule has 1 heterocycles. The molecule has 0 fully saturated rings. The normalized spacial score (nSPS) is 13.7. The number of carbonyl (C=O) groups excluding carboxylic acids is 1. The van der Waals surface area contributed by atoms with E-state index in [1.165, 1.54) is 29.7 Å². The molecule has 22 heavy (non-hydrogen) atoms. The molecule has 0 radical (unpaired) electrons. The zero-order chi connectivity index (χ0) is 15.4. The van der Waals surface area contributed by atoms with Crippen LogP contribution in [0, 0.1) is 0 Å². The maximum Gasteiger partial charge on any atom is 0.251 e. The lowest BCUT2D eigenvalue weighted by atomic mass is 9.98. The largest absolute Gasteiger partial charge is 0.350 e. The Morgan fingerprint density at radius 1 is 1.23 bits per heavy atom. The summed E-state index contributed by atoms with van der Waals surface area (Å²) in [6.07, 6.45) is 7.75. The summed E-state index contributed by atoms with van der Waals surface area (Å²) in [7, 11) is 0. The van der Waals surface area contributed by atoms with Crippen molar-refractivity contribution in [2.75, 3.05) is 6.54 Å². The number of nitrogens with one attached hydrogen (secondary N) is 1. The molecular weight excluding hydrogens is 274 g/mol. The molecule has 0 spiro atoms. The molecule has 116 valence electrons. The zero-order valence-electron chi connectivity index (χ0n) is 13.1. The van der Waals surface area contributed by atoms with Crippen LogP contribution in [0.15, 0.2) is 30.5 Å². The maximum atomic E-state index is 12.1. The van der Waals surface area contributed by atoms with Crippen molar-refractivity contribution in [1.82, 2.24) is 15.1 Å². The van der Waals surface area contributed by atoms with Gasteiger partial charge in [0.2, 0.25) is 0 Å². The van der Waals surface area contributed by atoms with E-state index in [1.54, 1.807) is 0 Å². The van der Waals surface area contributed by atoms with Crippen LogP contribution in [-0.4, -0.2) is 22.2 Å². The second-order valence-corrected chi connectivity index (χ2v) is 5.85. The first-order valence-electron chi connectivity index (χ1n) is 8.18. The maximum absolute atomic E-state index is 12.1. The number of hydrogen-bond acceptors (Lipinski definition) is 2. The predicted molar refractivity (Wildman–Crippen MR) is 87.0 cm³/mol. The highest BCUT2D eigenvalue weighted by Crippen LogP contribution is 2.20. The molecule has 1 N–H and O–H groups in total. The summed E-state index contributed by atoms with van der Waals surface area (Å²) >= 11 is 0. The first kappa shape index (κ1) is 14.8. The van der Waals surface area contributed by atoms with Gasteiger partial charge in [0.15, 0.2) is 0 Å². The number of nitrogens with zero attached hydrogens (tertiary/aromatic N) is 2. The molecule has 0 atom stereocenters. The molecule has 2 aromatic rings. The van der Waals surface area contributed by atoms with Gasteiger partial charge < -0.3 is 5.32 Å². The van der Waals surface area contributed by atoms with Crippen molar-refractivity contribution in [2.45, 2.75) is 45.6 Å². The SMILES string of the molecule is CCc1ccc(C(=O)NCCn2ncc3c2CCCC3)cc1. The fraction of sp³-hybridized carbons (Fsp3) is 0.444. The summed E-state index contributed by atoms with van der Waals surface area (Å²) in [5.74, 6) is -0.0105. The molecule has 0 bridgehead atoms. The Bertz CT molecular complexity index is 643. The molecule has 1 aromatic heterocycles. The summed E-state index contributed by atoms with van der Waals surface area (Å²) in [5.41, 5.74) is 4.71. The van der Waals surface area contributed by atoms with Crippen LogP contribution in [0.5, 0.6) is 0 Å². The van der Waals surface area contributed by atoms with Crippen LogP contribution in [0.25, 0.3) is 0 Å². The second-order valence-electron chi connectivity index (χ2n) is 5.85. The van der Waals surface area contributed by atoms with Gasteiger partial charge in [0, 0.05) is 17.8 Å². The van der Waals surface area contributed by atoms with Crippen molar-refractivity contribution in [3.63, 3.8) is 0 Å². The van der Waals surface area contributed by atoms with Gasteiger partial charge in [-0.25, -0.2) is 0 Å². The predicted octanol–water partition coefficient (Wildman–Crippen LogP) is 2.75. The van der Waals surface area contributed by atoms with Crippen molar-refractivity contribution in [2.24, 2.45) is 0 Å². The zero-order valence-corrected chi connectivity index (χ0v) is 13.1. The lowest BCUT2D eigenvalue weighted by Crippen LogP contribution is -2.28. The Morgan fingerprint density at radius 2 is 2.00 bits per heavy atom. The van der Waals surface area contributed by atoms with Gasteiger partial charge in [-0.3, -0.25) is 9.48 Å². The summed E-state index contributed by atoms with van der Waals surface area (Å²) < 4.78 is 2.05. The quantitative estimate of drug-likeness (QED) is 0.922. The highest BCUT2D eigenvalue weighted by Gasteiger charge is 2.14. The van der Waals surface area contributed by atoms with E-state index in [9.17, 15) is 4.79 Å². The van der Waals surface area contributed by atoms with Gasteiger partial charge in [0.25, 0.3) is 5.91 Å². The van der Waals surface area contributed by atoms with Gasteiger partial charge in [-0.05, 0) is 55.4 Å². The number of aromatic nitrogens is 2. The van der Waals surface area contributed by atoms with E-state index in [0.29, 0.717) is 6.54 Å². The third kappa shape index (κ3) is 3.21. The minimum atomic E-state index is -0.0105. The fourth-order valence-electron chi connectivity index (χ4n) is 3.02. The number of carbonyl (C=O) groups is 1. The van der Waals surface area contributed by atoms with Crippen molar-refractivity contribution in [3.8, 4) is 0 Å². The van der Waals surface area contributed by atoms with E-state index in [0.717, 1.165) is 31.4 Å². The number of aryl methyl sites for hydroxylation is 2. The van der Waals surface area contributed by atoms with Crippen LogP contribution in [0.2, 0.25) is 0 Å². The Hall–Kier alpha value is -2.10. The highest BCUT2D eigenvalue weighted by molar-refractivity contribution is 5.94. The molecule has 0 saturated carbocycles. The fourth-order valence-corrected chi connectivity index (χ4v) is 3.02. The van der Waals surface area contributed by atoms with E-state index in [-0.39, 0.29) is 5.91 Å². The van der Waals surface area contributed by atoms with Gasteiger partial charge in [-0.2, -0.15) is 5.10 Å². The third-order valence-electron chi connectivity index (χ3n) is 4.38. The van der Waals surface area contributed by atoms with Crippen molar-refractivity contribution < 1.29 is 4.79 Å². The molecule has 0 aliphatic heterocycles. The van der Waals surface area contributed by atoms with E-state index >= 15 is 0 Å². The number of rotatable bonds is 5. The minimum absolute atomic E-state index is 0.0105. The Labute approximate surface area is 131 Å². The number of fused-ring (bicyclic) bond motifs is 1. The summed E-state index contributed by atoms with van der Waals surface area (Å²) in [4.78, 5) is 12.1. The molecule has 3 rings (SSSR count). The average molecular weight is 297 g/mol. The lowest BCUT2D eigenvalue weighted by Gasteiger charge is -2.14. The van der Waals surface area contributed by atoms with E-state index in [4.69, 9.17) is 0 Å². The monoisotopic (exact) mass is 297 g/mol. The Kier molecular flexibility index (Phi) is 4.56. The van der Waals surface area contributed by atoms with Crippen molar-refractivity contribution >= 4 is 5.91 Å². The smallest absolute Gasteiger partial charge is 0.251 e. The van der Waals surface area contributed by atoms with Gasteiger partial charge in [-0.1, -0.05) is 19.1 Å². The van der Waals surface area contributed by atoms with Crippen LogP contribution >= 0.6 is 0 Å². The molecule has 0 saturated heterocycles. The van der Waals surface area contributed by atoms with Crippen molar-refractivity contribution in [1.29, 1.82) is 0 Å². The molecule has 1 aliphatic carbocycles. The standard InChI is InChI=1S/C18H23N3O/c1-2-14-7-9-15(10-8-14)18(22)19-11-12-21-17-6-4-3-5-16(17)13-20-21/h7-10,13H,2-6,11-12H2,1H3,(H,19,22). The average Bonchev–Trinajstić information content (AvgIpc) is 2.98. The minimum Gasteiger partial charge on any atom is -0.350 e. The second kappa shape index (κ2) is 6.77. The van der Waals surface area contributed by atoms with Gasteiger partial charge >= 0.3 is 0 Å². The number of amides is 1. The molecule has 0 unspecified atom stereocenters. The summed E-state index contributed by atoms with van der Waals surface area (Å²) in [5, 5.41) is 7.44. The van der Waals surface area contributed by atoms with Crippen LogP contribution in [0.3, 0.4) is 0 Å². The number of benzene rings is 1. The van der Waals surface area contributed by atoms with Gasteiger partial charge in [0.05, 0.1) is 12.7 Å². The summed E-state index contributed by atoms with van der Waals surface area (Å²) in [6.45, 7) is 3.47. The third-order valence-corrected chi connectivity index (χ3v) is 4.38. The Balaban J connectivity index is 1.54. The lowest BCUT2D eigenvalue weighted by molar-refractivity contribution is 0.0952. The molecular formula is C18H23N3O. The van der Waals surface area contributed by atoms with E-state index in [1.807, 2.05) is 30.5 Å². The molecule has 1 aromatic carbocycles. The van der Waals surface area contributed by atoms with Crippen LogP contribution in [0.1, 0.15) is 46.9 Å². The topological polar surface area (TPSA) is 46.9 Å². The number of hydrogen-bond donors (Lipinski definition) is 1. The van der Waals surface area contributed by atoms with Crippen molar-refractivity contribution in [3.05, 3.63) is 52.8 Å². The molecule has 1 amide bonds. The van der Waals surface area contributed by atoms with Crippen LogP contribution < -0.4 is 5.32 Å². The van der Waals surface area contributed by atoms with Crippen LogP contribution in [-0.2, 0) is 25.8 Å². The van der Waals surface area contributed by atoms with E-state index in [2.05, 4.69) is 22.0 Å².